The summed E-state index contributed by atoms with van der Waals surface area (Å²) in [5.74, 6) is 0.790. The quantitative estimate of drug-likeness (QED) is 0.835. The average molecular weight is 322 g/mol. The van der Waals surface area contributed by atoms with E-state index in [0.717, 1.165) is 49.6 Å². The van der Waals surface area contributed by atoms with Crippen LogP contribution in [0, 0.1) is 5.92 Å². The zero-order valence-electron chi connectivity index (χ0n) is 13.6. The van der Waals surface area contributed by atoms with Crippen LogP contribution in [0.3, 0.4) is 0 Å². The summed E-state index contributed by atoms with van der Waals surface area (Å²) in [5.41, 5.74) is 0.888. The summed E-state index contributed by atoms with van der Waals surface area (Å²) in [6, 6.07) is 0.540. The fraction of sp³-hybridized carbons (Fsp3) is 0.812. The molecule has 4 heterocycles. The zero-order chi connectivity index (χ0) is 15.5. The van der Waals surface area contributed by atoms with Crippen LogP contribution in [-0.2, 0) is 6.42 Å². The second-order valence-electron chi connectivity index (χ2n) is 6.60. The second kappa shape index (κ2) is 7.04. The van der Waals surface area contributed by atoms with E-state index in [9.17, 15) is 4.79 Å². The van der Waals surface area contributed by atoms with Crippen molar-refractivity contribution in [3.63, 3.8) is 0 Å². The summed E-state index contributed by atoms with van der Waals surface area (Å²) in [7, 11) is 0. The van der Waals surface area contributed by atoms with E-state index in [2.05, 4.69) is 33.2 Å². The largest absolute Gasteiger partial charge is 0.336 e. The fourth-order valence-electron chi connectivity index (χ4n) is 3.82. The lowest BCUT2D eigenvalue weighted by Gasteiger charge is -2.35. The van der Waals surface area contributed by atoms with Gasteiger partial charge in [0, 0.05) is 25.7 Å². The van der Waals surface area contributed by atoms with Gasteiger partial charge in [-0.3, -0.25) is 9.69 Å². The molecule has 6 heteroatoms. The molecule has 0 aliphatic carbocycles. The topological polar surface area (TPSA) is 49.3 Å². The summed E-state index contributed by atoms with van der Waals surface area (Å²) in [4.78, 5) is 18.4. The normalized spacial score (nSPS) is 25.5. The summed E-state index contributed by atoms with van der Waals surface area (Å²) >= 11 is 1.27. The summed E-state index contributed by atoms with van der Waals surface area (Å²) < 4.78 is 4.01. The zero-order valence-corrected chi connectivity index (χ0v) is 14.4. The van der Waals surface area contributed by atoms with Crippen LogP contribution in [0.4, 0.5) is 0 Å². The number of fused-ring (bicyclic) bond motifs is 4. The second-order valence-corrected chi connectivity index (χ2v) is 7.36. The molecule has 3 fully saturated rings. The molecule has 0 unspecified atom stereocenters. The number of aryl methyl sites for hydroxylation is 1. The molecule has 4 rings (SSSR count). The lowest BCUT2D eigenvalue weighted by molar-refractivity contribution is 0.0741. The van der Waals surface area contributed by atoms with Gasteiger partial charge in [-0.2, -0.15) is 0 Å². The van der Waals surface area contributed by atoms with Crippen molar-refractivity contribution in [1.82, 2.24) is 19.4 Å². The van der Waals surface area contributed by atoms with E-state index >= 15 is 0 Å². The number of amides is 1. The van der Waals surface area contributed by atoms with Gasteiger partial charge in [0.25, 0.3) is 5.91 Å². The van der Waals surface area contributed by atoms with Gasteiger partial charge in [-0.1, -0.05) is 24.8 Å². The molecule has 5 nitrogen and oxygen atoms in total. The van der Waals surface area contributed by atoms with E-state index < -0.39 is 0 Å². The minimum absolute atomic E-state index is 0.161. The lowest BCUT2D eigenvalue weighted by atomic mass is 9.95. The fourth-order valence-corrected chi connectivity index (χ4v) is 4.50. The van der Waals surface area contributed by atoms with Crippen LogP contribution in [-0.4, -0.2) is 57.5 Å². The summed E-state index contributed by atoms with van der Waals surface area (Å²) in [6.45, 7) is 8.44. The Kier molecular flexibility index (Phi) is 5.08. The first-order chi connectivity index (χ1) is 10.7. The number of hydrogen-bond acceptors (Lipinski definition) is 5. The van der Waals surface area contributed by atoms with Crippen LogP contribution in [0.15, 0.2) is 0 Å². The van der Waals surface area contributed by atoms with Gasteiger partial charge < -0.3 is 4.90 Å². The minimum atomic E-state index is 0.161. The summed E-state index contributed by atoms with van der Waals surface area (Å²) in [5, 5.41) is 4.15. The van der Waals surface area contributed by atoms with Gasteiger partial charge in [0.1, 0.15) is 4.88 Å². The van der Waals surface area contributed by atoms with E-state index in [4.69, 9.17) is 0 Å². The van der Waals surface area contributed by atoms with Gasteiger partial charge in [-0.15, -0.1) is 5.10 Å². The van der Waals surface area contributed by atoms with E-state index in [-0.39, 0.29) is 5.91 Å². The Morgan fingerprint density at radius 1 is 1.23 bits per heavy atom. The standard InChI is InChI=1S/C16H26N4OS/c1-3-5-14-15(22-18-17-14)16(21)20-10-12-6-7-13(11-20)19(9-12)8-4-2/h12-13H,3-11H2,1-2H3/t12-,13-/m1/s1. The van der Waals surface area contributed by atoms with Crippen LogP contribution in [0.1, 0.15) is 54.9 Å². The molecule has 1 amide bonds. The van der Waals surface area contributed by atoms with Crippen LogP contribution < -0.4 is 0 Å². The Morgan fingerprint density at radius 2 is 2.09 bits per heavy atom. The smallest absolute Gasteiger partial charge is 0.267 e. The molecule has 2 bridgehead atoms. The number of rotatable bonds is 5. The van der Waals surface area contributed by atoms with E-state index in [1.54, 1.807) is 0 Å². The maximum atomic E-state index is 12.9. The third-order valence-electron chi connectivity index (χ3n) is 4.86. The number of carbonyl (C=O) groups is 1. The van der Waals surface area contributed by atoms with Crippen LogP contribution >= 0.6 is 11.5 Å². The van der Waals surface area contributed by atoms with Crippen molar-refractivity contribution < 1.29 is 4.79 Å². The molecule has 1 aromatic rings. The van der Waals surface area contributed by atoms with Crippen molar-refractivity contribution in [1.29, 1.82) is 0 Å². The number of nitrogens with zero attached hydrogens (tertiary/aromatic N) is 4. The van der Waals surface area contributed by atoms with Gasteiger partial charge in [0.2, 0.25) is 0 Å². The maximum Gasteiger partial charge on any atom is 0.267 e. The third kappa shape index (κ3) is 3.18. The highest BCUT2D eigenvalue weighted by molar-refractivity contribution is 7.08. The molecule has 0 aromatic carbocycles. The molecule has 0 radical (unpaired) electrons. The van der Waals surface area contributed by atoms with E-state index in [0.29, 0.717) is 12.0 Å². The molecular formula is C16H26N4OS. The van der Waals surface area contributed by atoms with Crippen LogP contribution in [0.25, 0.3) is 0 Å². The number of carbonyl (C=O) groups excluding carboxylic acids is 1. The molecule has 2 atom stereocenters. The molecule has 122 valence electrons. The number of hydrogen-bond donors (Lipinski definition) is 0. The van der Waals surface area contributed by atoms with Gasteiger partial charge in [0.05, 0.1) is 5.69 Å². The molecule has 0 N–H and O–H groups in total. The lowest BCUT2D eigenvalue weighted by Crippen LogP contribution is -2.44. The first-order valence-corrected chi connectivity index (χ1v) is 9.34. The Labute approximate surface area is 136 Å². The van der Waals surface area contributed by atoms with Crippen molar-refractivity contribution in [2.45, 2.75) is 52.0 Å². The van der Waals surface area contributed by atoms with Crippen molar-refractivity contribution >= 4 is 17.4 Å². The van der Waals surface area contributed by atoms with E-state index in [1.807, 2.05) is 0 Å². The van der Waals surface area contributed by atoms with Gasteiger partial charge in [-0.05, 0) is 49.7 Å². The summed E-state index contributed by atoms with van der Waals surface area (Å²) in [6.07, 6.45) is 5.53. The van der Waals surface area contributed by atoms with Crippen LogP contribution in [0.5, 0.6) is 0 Å². The molecule has 0 spiro atoms. The Morgan fingerprint density at radius 3 is 2.86 bits per heavy atom. The maximum absolute atomic E-state index is 12.9. The Balaban J connectivity index is 1.75. The molecule has 22 heavy (non-hydrogen) atoms. The van der Waals surface area contributed by atoms with Crippen molar-refractivity contribution in [2.75, 3.05) is 26.2 Å². The SMILES string of the molecule is CCCc1nnsc1C(=O)N1C[C@@H]2CC[C@H](C1)N(CCC)C2. The highest BCUT2D eigenvalue weighted by atomic mass is 32.1. The molecule has 3 saturated heterocycles. The number of piperidine rings is 1. The van der Waals surface area contributed by atoms with Gasteiger partial charge in [0.15, 0.2) is 0 Å². The molecular weight excluding hydrogens is 296 g/mol. The Bertz CT molecular complexity index is 518. The monoisotopic (exact) mass is 322 g/mol. The van der Waals surface area contributed by atoms with Crippen molar-refractivity contribution in [2.24, 2.45) is 5.92 Å². The molecule has 1 aromatic heterocycles. The van der Waals surface area contributed by atoms with Crippen molar-refractivity contribution in [3.05, 3.63) is 10.6 Å². The first kappa shape index (κ1) is 15.9. The highest BCUT2D eigenvalue weighted by Crippen LogP contribution is 2.29. The minimum Gasteiger partial charge on any atom is -0.336 e. The number of aromatic nitrogens is 2. The predicted octanol–water partition coefficient (Wildman–Crippen LogP) is 2.44. The molecule has 3 aliphatic rings. The van der Waals surface area contributed by atoms with Crippen LogP contribution in [0.2, 0.25) is 0 Å². The predicted molar refractivity (Wildman–Crippen MR) is 88.2 cm³/mol. The van der Waals surface area contributed by atoms with Crippen molar-refractivity contribution in [3.8, 4) is 0 Å². The molecule has 0 saturated carbocycles. The van der Waals surface area contributed by atoms with Gasteiger partial charge >= 0.3 is 0 Å². The van der Waals surface area contributed by atoms with E-state index in [1.165, 1.54) is 30.8 Å². The third-order valence-corrected chi connectivity index (χ3v) is 5.62. The Hall–Kier alpha value is -1.01. The van der Waals surface area contributed by atoms with Gasteiger partial charge in [-0.25, -0.2) is 0 Å². The first-order valence-electron chi connectivity index (χ1n) is 8.57. The highest BCUT2D eigenvalue weighted by Gasteiger charge is 2.37. The molecule has 3 aliphatic heterocycles. The average Bonchev–Trinajstić information content (AvgIpc) is 2.78.